The van der Waals surface area contributed by atoms with Crippen molar-refractivity contribution in [3.8, 4) is 0 Å². The summed E-state index contributed by atoms with van der Waals surface area (Å²) in [5.74, 6) is 0. The first kappa shape index (κ1) is 17.8. The number of unbranched alkanes of at least 4 members (excludes halogenated alkanes) is 2. The quantitative estimate of drug-likeness (QED) is 0.459. The van der Waals surface area contributed by atoms with Crippen LogP contribution in [0.25, 0.3) is 0 Å². The van der Waals surface area contributed by atoms with E-state index < -0.39 is 0 Å². The minimum atomic E-state index is 0.659. The van der Waals surface area contributed by atoms with Gasteiger partial charge in [-0.25, -0.2) is 0 Å². The first-order valence-corrected chi connectivity index (χ1v) is 7.35. The van der Waals surface area contributed by atoms with E-state index >= 15 is 0 Å². The highest BCUT2D eigenvalue weighted by atomic mass is 16.5. The molecule has 0 bridgehead atoms. The van der Waals surface area contributed by atoms with Crippen molar-refractivity contribution in [3.05, 3.63) is 0 Å². The molecule has 0 aliphatic rings. The van der Waals surface area contributed by atoms with E-state index in [9.17, 15) is 0 Å². The van der Waals surface area contributed by atoms with Gasteiger partial charge >= 0.3 is 0 Å². The zero-order valence-electron chi connectivity index (χ0n) is 12.2. The molecule has 0 aromatic heterocycles. The van der Waals surface area contributed by atoms with Gasteiger partial charge in [0.25, 0.3) is 0 Å². The Bertz CT molecular complexity index is 129. The summed E-state index contributed by atoms with van der Waals surface area (Å²) in [5, 5.41) is 3.33. The van der Waals surface area contributed by atoms with E-state index in [0.717, 1.165) is 32.7 Å². The Labute approximate surface area is 112 Å². The minimum Gasteiger partial charge on any atom is -0.379 e. The summed E-state index contributed by atoms with van der Waals surface area (Å²) in [5.41, 5.74) is 0. The number of hydrogen-bond donors (Lipinski definition) is 1. The fourth-order valence-corrected chi connectivity index (χ4v) is 1.36. The molecule has 0 aromatic rings. The summed E-state index contributed by atoms with van der Waals surface area (Å²) in [6, 6.07) is 0. The van der Waals surface area contributed by atoms with E-state index in [4.69, 9.17) is 14.2 Å². The molecule has 0 aliphatic carbocycles. The van der Waals surface area contributed by atoms with Gasteiger partial charge in [-0.3, -0.25) is 0 Å². The molecule has 0 spiro atoms. The van der Waals surface area contributed by atoms with Crippen LogP contribution in [0.4, 0.5) is 0 Å². The smallest absolute Gasteiger partial charge is 0.0701 e. The molecule has 0 heterocycles. The van der Waals surface area contributed by atoms with Gasteiger partial charge in [-0.05, 0) is 19.4 Å². The summed E-state index contributed by atoms with van der Waals surface area (Å²) in [7, 11) is 0. The first-order chi connectivity index (χ1) is 8.91. The van der Waals surface area contributed by atoms with Crippen LogP contribution in [0.3, 0.4) is 0 Å². The molecule has 0 rings (SSSR count). The van der Waals surface area contributed by atoms with Gasteiger partial charge in [0.15, 0.2) is 0 Å². The van der Waals surface area contributed by atoms with Crippen molar-refractivity contribution < 1.29 is 14.2 Å². The molecule has 110 valence electrons. The van der Waals surface area contributed by atoms with Crippen molar-refractivity contribution >= 4 is 0 Å². The molecule has 0 saturated carbocycles. The van der Waals surface area contributed by atoms with E-state index in [-0.39, 0.29) is 0 Å². The lowest BCUT2D eigenvalue weighted by Gasteiger charge is -2.07. The Morgan fingerprint density at radius 2 is 1.17 bits per heavy atom. The fraction of sp³-hybridized carbons (Fsp3) is 1.00. The molecule has 4 nitrogen and oxygen atoms in total. The molecule has 1 N–H and O–H groups in total. The summed E-state index contributed by atoms with van der Waals surface area (Å²) in [6.07, 6.45) is 4.79. The van der Waals surface area contributed by atoms with E-state index in [1.165, 1.54) is 19.3 Å². The van der Waals surface area contributed by atoms with Gasteiger partial charge in [-0.1, -0.05) is 26.7 Å². The predicted octanol–water partition coefficient (Wildman–Crippen LogP) is 2.23. The Balaban J connectivity index is 2.86. The lowest BCUT2D eigenvalue weighted by molar-refractivity contribution is 0.0147. The van der Waals surface area contributed by atoms with Gasteiger partial charge in [0.1, 0.15) is 0 Å². The molecular formula is C14H31NO3. The molecule has 0 atom stereocenters. The lowest BCUT2D eigenvalue weighted by Crippen LogP contribution is -2.21. The van der Waals surface area contributed by atoms with E-state index in [2.05, 4.69) is 19.2 Å². The highest BCUT2D eigenvalue weighted by molar-refractivity contribution is 4.45. The second-order valence-electron chi connectivity index (χ2n) is 4.29. The SMILES string of the molecule is CCCCNCCOCCOCCOCCCC. The second-order valence-corrected chi connectivity index (χ2v) is 4.29. The van der Waals surface area contributed by atoms with Crippen molar-refractivity contribution in [2.75, 3.05) is 52.7 Å². The van der Waals surface area contributed by atoms with Crippen LogP contribution < -0.4 is 5.32 Å². The third-order valence-corrected chi connectivity index (χ3v) is 2.52. The largest absolute Gasteiger partial charge is 0.379 e. The standard InChI is InChI=1S/C14H31NO3/c1-3-5-7-15-8-10-17-12-14-18-13-11-16-9-6-4-2/h15H,3-14H2,1-2H3. The fourth-order valence-electron chi connectivity index (χ4n) is 1.36. The maximum Gasteiger partial charge on any atom is 0.0701 e. The molecule has 4 heteroatoms. The van der Waals surface area contributed by atoms with Gasteiger partial charge in [-0.15, -0.1) is 0 Å². The third kappa shape index (κ3) is 15.8. The van der Waals surface area contributed by atoms with Crippen LogP contribution in [0.15, 0.2) is 0 Å². The lowest BCUT2D eigenvalue weighted by atomic mass is 10.3. The average Bonchev–Trinajstić information content (AvgIpc) is 2.39. The molecule has 0 saturated heterocycles. The number of ether oxygens (including phenoxy) is 3. The van der Waals surface area contributed by atoms with Crippen LogP contribution in [0, 0.1) is 0 Å². The second kappa shape index (κ2) is 16.8. The summed E-state index contributed by atoms with van der Waals surface area (Å²) < 4.78 is 16.2. The van der Waals surface area contributed by atoms with Gasteiger partial charge in [0, 0.05) is 13.2 Å². The zero-order chi connectivity index (χ0) is 13.3. The summed E-state index contributed by atoms with van der Waals surface area (Å²) >= 11 is 0. The normalized spacial score (nSPS) is 11.0. The van der Waals surface area contributed by atoms with Crippen molar-refractivity contribution in [3.63, 3.8) is 0 Å². The minimum absolute atomic E-state index is 0.659. The molecule has 0 unspecified atom stereocenters. The Hall–Kier alpha value is -0.160. The zero-order valence-corrected chi connectivity index (χ0v) is 12.2. The van der Waals surface area contributed by atoms with Crippen LogP contribution >= 0.6 is 0 Å². The Morgan fingerprint density at radius 3 is 1.78 bits per heavy atom. The van der Waals surface area contributed by atoms with Crippen LogP contribution in [0.5, 0.6) is 0 Å². The van der Waals surface area contributed by atoms with Crippen LogP contribution in [-0.2, 0) is 14.2 Å². The van der Waals surface area contributed by atoms with Gasteiger partial charge in [0.05, 0.1) is 33.0 Å². The van der Waals surface area contributed by atoms with E-state index in [1.54, 1.807) is 0 Å². The third-order valence-electron chi connectivity index (χ3n) is 2.52. The number of rotatable bonds is 15. The highest BCUT2D eigenvalue weighted by Gasteiger charge is 1.91. The molecule has 0 radical (unpaired) electrons. The molecule has 0 aliphatic heterocycles. The highest BCUT2D eigenvalue weighted by Crippen LogP contribution is 1.88. The monoisotopic (exact) mass is 261 g/mol. The summed E-state index contributed by atoms with van der Waals surface area (Å²) in [6.45, 7) is 10.7. The van der Waals surface area contributed by atoms with Crippen molar-refractivity contribution in [1.82, 2.24) is 5.32 Å². The van der Waals surface area contributed by atoms with Crippen LogP contribution in [-0.4, -0.2) is 52.7 Å². The van der Waals surface area contributed by atoms with Gasteiger partial charge in [-0.2, -0.15) is 0 Å². The maximum atomic E-state index is 5.43. The average molecular weight is 261 g/mol. The van der Waals surface area contributed by atoms with E-state index in [0.29, 0.717) is 26.4 Å². The van der Waals surface area contributed by atoms with Crippen molar-refractivity contribution in [1.29, 1.82) is 0 Å². The topological polar surface area (TPSA) is 39.7 Å². The predicted molar refractivity (Wildman–Crippen MR) is 75.1 cm³/mol. The van der Waals surface area contributed by atoms with Crippen molar-refractivity contribution in [2.45, 2.75) is 39.5 Å². The Morgan fingerprint density at radius 1 is 0.611 bits per heavy atom. The molecule has 0 aromatic carbocycles. The molecule has 0 fully saturated rings. The van der Waals surface area contributed by atoms with Crippen LogP contribution in [0.2, 0.25) is 0 Å². The molecular weight excluding hydrogens is 230 g/mol. The molecule has 18 heavy (non-hydrogen) atoms. The number of nitrogens with one attached hydrogen (secondary N) is 1. The van der Waals surface area contributed by atoms with Crippen molar-refractivity contribution in [2.24, 2.45) is 0 Å². The summed E-state index contributed by atoms with van der Waals surface area (Å²) in [4.78, 5) is 0. The van der Waals surface area contributed by atoms with E-state index in [1.807, 2.05) is 0 Å². The number of hydrogen-bond acceptors (Lipinski definition) is 4. The van der Waals surface area contributed by atoms with Crippen LogP contribution in [0.1, 0.15) is 39.5 Å². The maximum absolute atomic E-state index is 5.43. The first-order valence-electron chi connectivity index (χ1n) is 7.35. The molecule has 0 amide bonds. The van der Waals surface area contributed by atoms with Gasteiger partial charge in [0.2, 0.25) is 0 Å². The Kier molecular flexibility index (Phi) is 16.7. The van der Waals surface area contributed by atoms with Gasteiger partial charge < -0.3 is 19.5 Å².